The van der Waals surface area contributed by atoms with E-state index >= 15 is 0 Å². The fourth-order valence-corrected chi connectivity index (χ4v) is 5.41. The third-order valence-electron chi connectivity index (χ3n) is 6.60. The van der Waals surface area contributed by atoms with Gasteiger partial charge in [0.2, 0.25) is 15.7 Å². The van der Waals surface area contributed by atoms with Crippen LogP contribution in [0.1, 0.15) is 72.3 Å². The molecule has 37 heavy (non-hydrogen) atoms. The maximum absolute atomic E-state index is 12.9. The number of nitrogens with zero attached hydrogens (tertiary/aromatic N) is 2. The number of aromatic nitrogens is 1. The van der Waals surface area contributed by atoms with Crippen LogP contribution in [0.5, 0.6) is 0 Å². The van der Waals surface area contributed by atoms with Crippen LogP contribution in [-0.4, -0.2) is 45.1 Å². The molecular weight excluding hydrogens is 494 g/mol. The lowest BCUT2D eigenvalue weighted by Gasteiger charge is -2.24. The molecule has 1 aromatic carbocycles. The number of hydrogen-bond donors (Lipinski definition) is 1. The number of carboxylic acid groups (broad SMARTS) is 1. The highest BCUT2D eigenvalue weighted by atomic mass is 32.2. The predicted octanol–water partition coefficient (Wildman–Crippen LogP) is 3.51. The fraction of sp³-hybridized carbons (Fsp3) is 0.444. The zero-order valence-corrected chi connectivity index (χ0v) is 22.2. The summed E-state index contributed by atoms with van der Waals surface area (Å²) in [5, 5.41) is 13.9. The summed E-state index contributed by atoms with van der Waals surface area (Å²) in [6, 6.07) is 9.49. The van der Waals surface area contributed by atoms with Crippen LogP contribution in [0.15, 0.2) is 34.7 Å². The molecule has 1 amide bonds. The highest BCUT2D eigenvalue weighted by Crippen LogP contribution is 2.46. The molecule has 1 aliphatic rings. The van der Waals surface area contributed by atoms with Crippen LogP contribution in [-0.2, 0) is 14.8 Å². The van der Waals surface area contributed by atoms with E-state index in [1.54, 1.807) is 7.05 Å². The van der Waals surface area contributed by atoms with Gasteiger partial charge in [-0.2, -0.15) is 4.98 Å². The molecule has 10 heteroatoms. The van der Waals surface area contributed by atoms with Crippen molar-refractivity contribution in [2.24, 2.45) is 0 Å². The minimum Gasteiger partial charge on any atom is -0.550 e. The average Bonchev–Trinajstić information content (AvgIpc) is 3.62. The standard InChI is InChI=1S/C27H33N3O6S/c1-17-9-11-19(12-10-17)24-23(26(33)28-2)21-16-20(18-13-14-18)25(29-27(21)36-24)30(37(3,34)35)15-7-5-4-6-8-22(31)32/h9-12,16,18H,4-8,13-15H2,1-3H3,(H,28,33)(H,31,32)/p-1. The van der Waals surface area contributed by atoms with E-state index in [0.717, 1.165) is 35.8 Å². The summed E-state index contributed by atoms with van der Waals surface area (Å²) < 4.78 is 33.2. The number of benzene rings is 1. The van der Waals surface area contributed by atoms with Gasteiger partial charge in [-0.05, 0) is 56.6 Å². The number of amides is 1. The number of anilines is 1. The van der Waals surface area contributed by atoms with E-state index in [-0.39, 0.29) is 30.5 Å². The lowest BCUT2D eigenvalue weighted by Crippen LogP contribution is -2.32. The molecule has 4 rings (SSSR count). The molecule has 1 N–H and O–H groups in total. The highest BCUT2D eigenvalue weighted by molar-refractivity contribution is 7.92. The number of pyridine rings is 1. The second-order valence-electron chi connectivity index (χ2n) is 9.65. The molecule has 0 radical (unpaired) electrons. The van der Waals surface area contributed by atoms with Gasteiger partial charge >= 0.3 is 0 Å². The minimum absolute atomic E-state index is 0.00464. The Balaban J connectivity index is 1.76. The molecule has 198 valence electrons. The number of rotatable bonds is 12. The number of nitrogens with one attached hydrogen (secondary N) is 1. The largest absolute Gasteiger partial charge is 0.550 e. The first kappa shape index (κ1) is 26.7. The Morgan fingerprint density at radius 2 is 1.81 bits per heavy atom. The molecule has 0 atom stereocenters. The number of sulfonamides is 1. The van der Waals surface area contributed by atoms with Gasteiger partial charge in [-0.3, -0.25) is 9.10 Å². The molecule has 1 aliphatic carbocycles. The summed E-state index contributed by atoms with van der Waals surface area (Å²) in [5.74, 6) is -0.500. The summed E-state index contributed by atoms with van der Waals surface area (Å²) in [7, 11) is -2.10. The second kappa shape index (κ2) is 10.9. The molecule has 1 saturated carbocycles. The van der Waals surface area contributed by atoms with Gasteiger partial charge < -0.3 is 19.6 Å². The predicted molar refractivity (Wildman–Crippen MR) is 140 cm³/mol. The van der Waals surface area contributed by atoms with E-state index in [1.165, 1.54) is 4.31 Å². The van der Waals surface area contributed by atoms with Crippen LogP contribution in [0, 0.1) is 6.92 Å². The Bertz CT molecular complexity index is 1410. The third-order valence-corrected chi connectivity index (χ3v) is 7.76. The first-order chi connectivity index (χ1) is 17.6. The van der Waals surface area contributed by atoms with Crippen molar-refractivity contribution in [1.82, 2.24) is 10.3 Å². The molecular formula is C27H32N3O6S-. The number of carboxylic acids is 1. The van der Waals surface area contributed by atoms with Crippen LogP contribution >= 0.6 is 0 Å². The summed E-state index contributed by atoms with van der Waals surface area (Å²) in [6.07, 6.45) is 5.38. The zero-order valence-electron chi connectivity index (χ0n) is 21.4. The molecule has 0 aliphatic heterocycles. The third kappa shape index (κ3) is 6.12. The van der Waals surface area contributed by atoms with Gasteiger partial charge in [0.05, 0.1) is 17.2 Å². The molecule has 3 aromatic rings. The van der Waals surface area contributed by atoms with Gasteiger partial charge in [0.15, 0.2) is 0 Å². The quantitative estimate of drug-likeness (QED) is 0.357. The lowest BCUT2D eigenvalue weighted by atomic mass is 10.0. The second-order valence-corrected chi connectivity index (χ2v) is 11.6. The molecule has 2 heterocycles. The van der Waals surface area contributed by atoms with E-state index in [0.29, 0.717) is 48.2 Å². The van der Waals surface area contributed by atoms with E-state index < -0.39 is 16.0 Å². The number of hydrogen-bond acceptors (Lipinski definition) is 7. The normalized spacial score (nSPS) is 13.6. The molecule has 0 saturated heterocycles. The van der Waals surface area contributed by atoms with Crippen LogP contribution in [0.2, 0.25) is 0 Å². The van der Waals surface area contributed by atoms with Crippen LogP contribution < -0.4 is 14.7 Å². The van der Waals surface area contributed by atoms with E-state index in [4.69, 9.17) is 9.40 Å². The average molecular weight is 527 g/mol. The first-order valence-electron chi connectivity index (χ1n) is 12.5. The van der Waals surface area contributed by atoms with Crippen LogP contribution in [0.3, 0.4) is 0 Å². The van der Waals surface area contributed by atoms with Crippen molar-refractivity contribution in [2.75, 3.05) is 24.2 Å². The van der Waals surface area contributed by atoms with Gasteiger partial charge in [-0.25, -0.2) is 8.42 Å². The van der Waals surface area contributed by atoms with E-state index in [1.807, 2.05) is 37.3 Å². The molecule has 0 bridgehead atoms. The maximum atomic E-state index is 12.9. The zero-order chi connectivity index (χ0) is 26.7. The Morgan fingerprint density at radius 1 is 1.14 bits per heavy atom. The maximum Gasteiger partial charge on any atom is 0.255 e. The fourth-order valence-electron chi connectivity index (χ4n) is 4.49. The highest BCUT2D eigenvalue weighted by Gasteiger charge is 2.34. The minimum atomic E-state index is -3.66. The molecule has 2 aromatic heterocycles. The SMILES string of the molecule is CNC(=O)c1c(-c2ccc(C)cc2)oc2nc(N(CCCCCCC(=O)[O-])S(C)(=O)=O)c(C3CC3)cc12. The monoisotopic (exact) mass is 526 g/mol. The Labute approximate surface area is 216 Å². The topological polar surface area (TPSA) is 133 Å². The van der Waals surface area contributed by atoms with Gasteiger partial charge in [0.1, 0.15) is 11.6 Å². The van der Waals surface area contributed by atoms with Gasteiger partial charge in [-0.1, -0.05) is 42.7 Å². The van der Waals surface area contributed by atoms with Gasteiger partial charge in [-0.15, -0.1) is 0 Å². The Morgan fingerprint density at radius 3 is 2.41 bits per heavy atom. The molecule has 0 spiro atoms. The number of fused-ring (bicyclic) bond motifs is 1. The summed E-state index contributed by atoms with van der Waals surface area (Å²) in [6.45, 7) is 2.19. The summed E-state index contributed by atoms with van der Waals surface area (Å²) in [4.78, 5) is 28.3. The number of aryl methyl sites for hydroxylation is 1. The van der Waals surface area contributed by atoms with Crippen molar-refractivity contribution in [3.8, 4) is 11.3 Å². The molecule has 1 fully saturated rings. The van der Waals surface area contributed by atoms with Crippen molar-refractivity contribution < 1.29 is 27.5 Å². The molecule has 0 unspecified atom stereocenters. The summed E-state index contributed by atoms with van der Waals surface area (Å²) in [5.41, 5.74) is 3.17. The Kier molecular flexibility index (Phi) is 7.87. The molecule has 9 nitrogen and oxygen atoms in total. The van der Waals surface area contributed by atoms with Crippen LogP contribution in [0.4, 0.5) is 5.82 Å². The van der Waals surface area contributed by atoms with Crippen molar-refractivity contribution >= 4 is 38.8 Å². The number of carbonyl (C=O) groups is 2. The number of carbonyl (C=O) groups excluding carboxylic acids is 2. The van der Waals surface area contributed by atoms with Gasteiger partial charge in [0, 0.05) is 25.1 Å². The number of unbranched alkanes of at least 4 members (excludes halogenated alkanes) is 3. The van der Waals surface area contributed by atoms with Crippen molar-refractivity contribution in [3.05, 3.63) is 47.0 Å². The van der Waals surface area contributed by atoms with Crippen molar-refractivity contribution in [1.29, 1.82) is 0 Å². The van der Waals surface area contributed by atoms with E-state index in [9.17, 15) is 23.1 Å². The number of aliphatic carboxylic acids is 1. The lowest BCUT2D eigenvalue weighted by molar-refractivity contribution is -0.305. The van der Waals surface area contributed by atoms with Crippen molar-refractivity contribution in [2.45, 2.75) is 57.8 Å². The Hall–Kier alpha value is -3.40. The van der Waals surface area contributed by atoms with Crippen LogP contribution in [0.25, 0.3) is 22.4 Å². The van der Waals surface area contributed by atoms with Crippen molar-refractivity contribution in [3.63, 3.8) is 0 Å². The smallest absolute Gasteiger partial charge is 0.255 e. The number of furan rings is 1. The first-order valence-corrected chi connectivity index (χ1v) is 14.4. The van der Waals surface area contributed by atoms with Gasteiger partial charge in [0.25, 0.3) is 5.91 Å². The van der Waals surface area contributed by atoms with E-state index in [2.05, 4.69) is 5.32 Å². The summed E-state index contributed by atoms with van der Waals surface area (Å²) >= 11 is 0.